The van der Waals surface area contributed by atoms with Crippen molar-refractivity contribution >= 4 is 17.6 Å². The number of anilines is 1. The Bertz CT molecular complexity index is 402. The molecule has 0 aromatic carbocycles. The third kappa shape index (κ3) is 1.60. The van der Waals surface area contributed by atoms with E-state index >= 15 is 0 Å². The lowest BCUT2D eigenvalue weighted by atomic mass is 10.5. The summed E-state index contributed by atoms with van der Waals surface area (Å²) in [6, 6.07) is 0. The first-order chi connectivity index (χ1) is 6.68. The highest BCUT2D eigenvalue weighted by molar-refractivity contribution is 8.01. The summed E-state index contributed by atoms with van der Waals surface area (Å²) in [5.74, 6) is 0.960. The summed E-state index contributed by atoms with van der Waals surface area (Å²) >= 11 is 1.41. The van der Waals surface area contributed by atoms with Crippen LogP contribution in [0.15, 0.2) is 11.0 Å². The van der Waals surface area contributed by atoms with Gasteiger partial charge in [0.15, 0.2) is 11.6 Å². The van der Waals surface area contributed by atoms with Gasteiger partial charge in [-0.3, -0.25) is 4.57 Å². The summed E-state index contributed by atoms with van der Waals surface area (Å²) in [6.07, 6.45) is 0.518. The van der Waals surface area contributed by atoms with Crippen LogP contribution in [0.4, 0.5) is 10.2 Å². The largest absolute Gasteiger partial charge is 0.381 e. The van der Waals surface area contributed by atoms with E-state index in [4.69, 9.17) is 10.5 Å². The first kappa shape index (κ1) is 9.47. The van der Waals surface area contributed by atoms with Crippen molar-refractivity contribution in [3.05, 3.63) is 28.4 Å². The molecular weight excluding hydrogens is 209 g/mol. The van der Waals surface area contributed by atoms with Crippen LogP contribution >= 0.6 is 11.8 Å². The van der Waals surface area contributed by atoms with Gasteiger partial charge >= 0.3 is 5.69 Å². The van der Waals surface area contributed by atoms with Crippen molar-refractivity contribution in [3.63, 3.8) is 0 Å². The van der Waals surface area contributed by atoms with E-state index in [1.54, 1.807) is 0 Å². The lowest BCUT2D eigenvalue weighted by Crippen LogP contribution is -2.28. The van der Waals surface area contributed by atoms with Gasteiger partial charge in [-0.25, -0.2) is 9.18 Å². The van der Waals surface area contributed by atoms with Crippen molar-refractivity contribution in [3.8, 4) is 0 Å². The van der Waals surface area contributed by atoms with Crippen molar-refractivity contribution in [1.29, 1.82) is 0 Å². The Morgan fingerprint density at radius 3 is 3.21 bits per heavy atom. The van der Waals surface area contributed by atoms with Crippen LogP contribution in [-0.2, 0) is 4.74 Å². The van der Waals surface area contributed by atoms with Crippen LogP contribution in [0.1, 0.15) is 6.23 Å². The monoisotopic (exact) mass is 216 g/mol. The lowest BCUT2D eigenvalue weighted by molar-refractivity contribution is 0.0959. The Labute approximate surface area is 83.1 Å². The minimum atomic E-state index is -0.717. The van der Waals surface area contributed by atoms with Crippen LogP contribution < -0.4 is 11.4 Å². The Morgan fingerprint density at radius 1 is 1.79 bits per heavy atom. The minimum absolute atomic E-state index is 0.388. The molecule has 0 spiro atoms. The van der Waals surface area contributed by atoms with Crippen LogP contribution in [0.5, 0.6) is 0 Å². The summed E-state index contributed by atoms with van der Waals surface area (Å²) in [6.45, 7) is 0. The van der Waals surface area contributed by atoms with Crippen molar-refractivity contribution in [2.75, 3.05) is 11.5 Å². The molecule has 5 nitrogen and oxygen atoms in total. The first-order valence-corrected chi connectivity index (χ1v) is 4.86. The standard InChI is InChI=1S/C7H7FN3O2S/c8-4-1-11(5-2-14-3-13-5)7(12)10-6(4)9/h1,3,5H,2H2,(H2,9,10,12). The molecule has 1 aromatic heterocycles. The van der Waals surface area contributed by atoms with E-state index in [1.807, 2.05) is 0 Å². The molecule has 0 aliphatic carbocycles. The highest BCUT2D eigenvalue weighted by atomic mass is 32.2. The van der Waals surface area contributed by atoms with Crippen LogP contribution in [0.3, 0.4) is 0 Å². The van der Waals surface area contributed by atoms with Gasteiger partial charge in [0.05, 0.1) is 6.20 Å². The maximum absolute atomic E-state index is 13.0. The molecule has 0 bridgehead atoms. The second kappa shape index (κ2) is 3.58. The molecule has 1 aliphatic heterocycles. The number of nitrogens with two attached hydrogens (primary N) is 1. The number of aromatic nitrogens is 2. The van der Waals surface area contributed by atoms with E-state index in [0.717, 1.165) is 10.8 Å². The molecule has 1 atom stereocenters. The van der Waals surface area contributed by atoms with Crippen LogP contribution in [0.2, 0.25) is 0 Å². The van der Waals surface area contributed by atoms with Gasteiger partial charge in [0.1, 0.15) is 12.2 Å². The maximum Gasteiger partial charge on any atom is 0.351 e. The van der Waals surface area contributed by atoms with E-state index in [1.165, 1.54) is 17.7 Å². The maximum atomic E-state index is 13.0. The molecule has 1 aliphatic rings. The fraction of sp³-hybridized carbons (Fsp3) is 0.286. The highest BCUT2D eigenvalue weighted by Crippen LogP contribution is 2.27. The zero-order chi connectivity index (χ0) is 10.1. The summed E-state index contributed by atoms with van der Waals surface area (Å²) in [7, 11) is 0. The molecule has 7 heteroatoms. The second-order valence-corrected chi connectivity index (χ2v) is 3.54. The Morgan fingerprint density at radius 2 is 2.57 bits per heavy atom. The van der Waals surface area contributed by atoms with Crippen molar-refractivity contribution in [2.45, 2.75) is 6.23 Å². The van der Waals surface area contributed by atoms with Crippen molar-refractivity contribution < 1.29 is 9.13 Å². The number of nitrogen functional groups attached to an aromatic ring is 1. The van der Waals surface area contributed by atoms with Crippen LogP contribution in [-0.4, -0.2) is 15.3 Å². The fourth-order valence-electron chi connectivity index (χ4n) is 1.07. The van der Waals surface area contributed by atoms with Gasteiger partial charge < -0.3 is 10.5 Å². The van der Waals surface area contributed by atoms with Gasteiger partial charge in [-0.2, -0.15) is 4.98 Å². The van der Waals surface area contributed by atoms with Crippen LogP contribution in [0.25, 0.3) is 0 Å². The van der Waals surface area contributed by atoms with Gasteiger partial charge in [-0.05, 0) is 0 Å². The summed E-state index contributed by atoms with van der Waals surface area (Å²) in [5.41, 5.74) is 4.53. The molecule has 1 unspecified atom stereocenters. The zero-order valence-corrected chi connectivity index (χ0v) is 7.83. The average Bonchev–Trinajstić information content (AvgIpc) is 2.64. The summed E-state index contributed by atoms with van der Waals surface area (Å²) in [4.78, 5) is 14.6. The predicted molar refractivity (Wildman–Crippen MR) is 49.7 cm³/mol. The molecule has 75 valence electrons. The van der Waals surface area contributed by atoms with E-state index in [-0.39, 0.29) is 5.82 Å². The molecule has 1 aromatic rings. The lowest BCUT2D eigenvalue weighted by Gasteiger charge is -2.11. The van der Waals surface area contributed by atoms with E-state index in [9.17, 15) is 9.18 Å². The number of hydrogen-bond donors (Lipinski definition) is 1. The molecule has 2 N–H and O–H groups in total. The van der Waals surface area contributed by atoms with Gasteiger partial charge in [-0.1, -0.05) is 0 Å². The normalized spacial score (nSPS) is 21.4. The zero-order valence-electron chi connectivity index (χ0n) is 7.01. The molecule has 0 amide bonds. The van der Waals surface area contributed by atoms with E-state index in [0.29, 0.717) is 5.75 Å². The summed E-state index contributed by atoms with van der Waals surface area (Å²) < 4.78 is 19.1. The smallest absolute Gasteiger partial charge is 0.351 e. The first-order valence-electron chi connectivity index (χ1n) is 3.81. The van der Waals surface area contributed by atoms with Crippen LogP contribution in [0, 0.1) is 11.8 Å². The molecule has 1 saturated heterocycles. The highest BCUT2D eigenvalue weighted by Gasteiger charge is 2.20. The van der Waals surface area contributed by atoms with Gasteiger partial charge in [-0.15, -0.1) is 11.8 Å². The molecule has 0 saturated carbocycles. The van der Waals surface area contributed by atoms with Gasteiger partial charge in [0.25, 0.3) is 0 Å². The second-order valence-electron chi connectivity index (χ2n) is 2.68. The van der Waals surface area contributed by atoms with Crippen molar-refractivity contribution in [1.82, 2.24) is 9.55 Å². The van der Waals surface area contributed by atoms with E-state index in [2.05, 4.69) is 4.98 Å². The average molecular weight is 216 g/mol. The molecule has 1 fully saturated rings. The number of ether oxygens (including phenoxy) is 1. The number of halogens is 1. The summed E-state index contributed by atoms with van der Waals surface area (Å²) in [5, 5.41) is 0. The molecule has 1 radical (unpaired) electrons. The molecule has 2 heterocycles. The Hall–Kier alpha value is -1.08. The fourth-order valence-corrected chi connectivity index (χ4v) is 1.76. The van der Waals surface area contributed by atoms with Crippen molar-refractivity contribution in [2.24, 2.45) is 0 Å². The Balaban J connectivity index is 2.42. The molecule has 14 heavy (non-hydrogen) atoms. The third-order valence-electron chi connectivity index (χ3n) is 1.76. The van der Waals surface area contributed by atoms with E-state index < -0.39 is 17.7 Å². The minimum Gasteiger partial charge on any atom is -0.381 e. The number of hydrogen-bond acceptors (Lipinski definition) is 5. The Kier molecular flexibility index (Phi) is 2.42. The molecular formula is C7H7FN3O2S. The SMILES string of the molecule is Nc1nc(=O)n(C2CS[CH]O2)cc1F. The quantitative estimate of drug-likeness (QED) is 0.733. The number of nitrogens with zero attached hydrogens (tertiary/aromatic N) is 2. The number of thioether (sulfide) groups is 1. The number of rotatable bonds is 1. The topological polar surface area (TPSA) is 70.1 Å². The third-order valence-corrected chi connectivity index (χ3v) is 2.49. The molecule has 2 rings (SSSR count). The predicted octanol–water partition coefficient (Wildman–Crippen LogP) is 0.346. The van der Waals surface area contributed by atoms with Gasteiger partial charge in [0, 0.05) is 5.75 Å². The van der Waals surface area contributed by atoms with Gasteiger partial charge in [0.2, 0.25) is 0 Å².